The van der Waals surface area contributed by atoms with E-state index in [1.165, 1.54) is 21.9 Å². The lowest BCUT2D eigenvalue weighted by molar-refractivity contribution is 0.0950. The van der Waals surface area contributed by atoms with Gasteiger partial charge < -0.3 is 9.47 Å². The first kappa shape index (κ1) is 19.8. The van der Waals surface area contributed by atoms with Crippen molar-refractivity contribution < 1.29 is 14.3 Å². The molecule has 0 unspecified atom stereocenters. The highest BCUT2D eigenvalue weighted by atomic mass is 16.5. The van der Waals surface area contributed by atoms with Gasteiger partial charge in [0, 0.05) is 5.56 Å². The number of nitrogens with one attached hydrogen (secondary N) is 2. The molecule has 1 heterocycles. The number of carbonyl (C=O) groups is 1. The molecule has 1 aromatic heterocycles. The normalized spacial score (nSPS) is 12.4. The van der Waals surface area contributed by atoms with E-state index >= 15 is 0 Å². The summed E-state index contributed by atoms with van der Waals surface area (Å²) in [7, 11) is 3.15. The Bertz CT molecular complexity index is 1350. The molecule has 5 rings (SSSR count). The van der Waals surface area contributed by atoms with Gasteiger partial charge in [-0.2, -0.15) is 10.2 Å². The number of benzene rings is 3. The van der Waals surface area contributed by atoms with Crippen molar-refractivity contribution in [2.24, 2.45) is 5.10 Å². The van der Waals surface area contributed by atoms with Crippen LogP contribution in [-0.4, -0.2) is 36.5 Å². The summed E-state index contributed by atoms with van der Waals surface area (Å²) < 4.78 is 10.5. The second-order valence-electron chi connectivity index (χ2n) is 7.59. The third kappa shape index (κ3) is 3.47. The van der Waals surface area contributed by atoms with Gasteiger partial charge in [0.1, 0.15) is 5.69 Å². The second-order valence-corrected chi connectivity index (χ2v) is 7.59. The Kier molecular flexibility index (Phi) is 5.07. The van der Waals surface area contributed by atoms with Crippen molar-refractivity contribution in [3.63, 3.8) is 0 Å². The number of hydrogen-bond donors (Lipinski definition) is 2. The molecular formula is C25H22N4O3. The summed E-state index contributed by atoms with van der Waals surface area (Å²) >= 11 is 0. The van der Waals surface area contributed by atoms with Gasteiger partial charge in [-0.1, -0.05) is 30.3 Å². The molecule has 7 heteroatoms. The van der Waals surface area contributed by atoms with Crippen LogP contribution in [0.25, 0.3) is 22.0 Å². The van der Waals surface area contributed by atoms with Crippen molar-refractivity contribution in [1.82, 2.24) is 15.6 Å². The maximum absolute atomic E-state index is 12.5. The number of amides is 1. The predicted molar refractivity (Wildman–Crippen MR) is 124 cm³/mol. The molecule has 3 aromatic carbocycles. The van der Waals surface area contributed by atoms with E-state index in [4.69, 9.17) is 9.47 Å². The Hall–Kier alpha value is -4.13. The van der Waals surface area contributed by atoms with Crippen LogP contribution in [0.5, 0.6) is 11.5 Å². The minimum absolute atomic E-state index is 0.340. The number of carbonyl (C=O) groups excluding carboxylic acids is 1. The van der Waals surface area contributed by atoms with Crippen LogP contribution in [0.15, 0.2) is 59.7 Å². The Labute approximate surface area is 185 Å². The summed E-state index contributed by atoms with van der Waals surface area (Å²) in [4.78, 5) is 12.5. The Morgan fingerprint density at radius 1 is 1.03 bits per heavy atom. The highest BCUT2D eigenvalue weighted by Crippen LogP contribution is 2.36. The monoisotopic (exact) mass is 426 g/mol. The van der Waals surface area contributed by atoms with Gasteiger partial charge in [0.05, 0.1) is 26.1 Å². The van der Waals surface area contributed by atoms with Crippen LogP contribution in [0, 0.1) is 0 Å². The van der Waals surface area contributed by atoms with Crippen LogP contribution < -0.4 is 14.9 Å². The van der Waals surface area contributed by atoms with Gasteiger partial charge in [0.15, 0.2) is 11.5 Å². The fourth-order valence-corrected chi connectivity index (χ4v) is 4.20. The summed E-state index contributed by atoms with van der Waals surface area (Å²) in [5, 5.41) is 13.7. The number of nitrogens with zero attached hydrogens (tertiary/aromatic N) is 2. The lowest BCUT2D eigenvalue weighted by atomic mass is 9.98. The van der Waals surface area contributed by atoms with E-state index in [1.807, 2.05) is 6.07 Å². The minimum atomic E-state index is -0.369. The van der Waals surface area contributed by atoms with Crippen molar-refractivity contribution in [2.45, 2.75) is 12.8 Å². The van der Waals surface area contributed by atoms with Crippen molar-refractivity contribution >= 4 is 22.9 Å². The second kappa shape index (κ2) is 8.19. The Morgan fingerprint density at radius 3 is 2.66 bits per heavy atom. The molecule has 32 heavy (non-hydrogen) atoms. The molecule has 4 aromatic rings. The number of ether oxygens (including phenoxy) is 2. The number of H-pyrrole nitrogens is 1. The molecular weight excluding hydrogens is 404 g/mol. The first-order chi connectivity index (χ1) is 15.7. The van der Waals surface area contributed by atoms with E-state index in [-0.39, 0.29) is 5.91 Å². The van der Waals surface area contributed by atoms with Gasteiger partial charge in [-0.15, -0.1) is 0 Å². The average Bonchev–Trinajstić information content (AvgIpc) is 3.48. The quantitative estimate of drug-likeness (QED) is 0.359. The third-order valence-corrected chi connectivity index (χ3v) is 5.76. The topological polar surface area (TPSA) is 88.6 Å². The highest BCUT2D eigenvalue weighted by Gasteiger charge is 2.18. The van der Waals surface area contributed by atoms with Gasteiger partial charge in [0.25, 0.3) is 5.91 Å². The molecule has 0 radical (unpaired) electrons. The molecule has 0 fully saturated rings. The van der Waals surface area contributed by atoms with Gasteiger partial charge >= 0.3 is 0 Å². The maximum Gasteiger partial charge on any atom is 0.289 e. The summed E-state index contributed by atoms with van der Waals surface area (Å²) in [5.74, 6) is 0.847. The zero-order valence-corrected chi connectivity index (χ0v) is 17.8. The smallest absolute Gasteiger partial charge is 0.289 e. The predicted octanol–water partition coefficient (Wildman–Crippen LogP) is 4.11. The lowest BCUT2D eigenvalue weighted by Gasteiger charge is -2.07. The van der Waals surface area contributed by atoms with Gasteiger partial charge in [0.2, 0.25) is 0 Å². The summed E-state index contributed by atoms with van der Waals surface area (Å²) in [5.41, 5.74) is 8.12. The summed E-state index contributed by atoms with van der Waals surface area (Å²) in [6.07, 6.45) is 3.69. The number of hydrogen-bond acceptors (Lipinski definition) is 5. The molecule has 0 bridgehead atoms. The molecule has 0 spiro atoms. The van der Waals surface area contributed by atoms with Crippen LogP contribution >= 0.6 is 0 Å². The zero-order chi connectivity index (χ0) is 22.1. The van der Waals surface area contributed by atoms with Crippen LogP contribution in [0.4, 0.5) is 0 Å². The van der Waals surface area contributed by atoms with Crippen LogP contribution in [-0.2, 0) is 12.8 Å². The van der Waals surface area contributed by atoms with Crippen molar-refractivity contribution in [3.8, 4) is 22.8 Å². The van der Waals surface area contributed by atoms with Gasteiger partial charge in [-0.3, -0.25) is 9.89 Å². The fourth-order valence-electron chi connectivity index (χ4n) is 4.20. The van der Waals surface area contributed by atoms with E-state index < -0.39 is 0 Å². The van der Waals surface area contributed by atoms with Gasteiger partial charge in [-0.05, 0) is 64.6 Å². The molecule has 2 N–H and O–H groups in total. The van der Waals surface area contributed by atoms with Crippen LogP contribution in [0.3, 0.4) is 0 Å². The Morgan fingerprint density at radius 2 is 1.84 bits per heavy atom. The highest BCUT2D eigenvalue weighted by molar-refractivity contribution is 6.02. The number of methoxy groups -OCH3 is 2. The SMILES string of the molecule is COc1ccc(/C=N\NC(=O)c2cc(-c3ccc4c5c(cccc35)CC4)n[nH]2)cc1OC. The van der Waals surface area contributed by atoms with E-state index in [1.54, 1.807) is 38.6 Å². The minimum Gasteiger partial charge on any atom is -0.493 e. The molecule has 160 valence electrons. The van der Waals surface area contributed by atoms with Crippen molar-refractivity contribution in [1.29, 1.82) is 0 Å². The molecule has 1 aliphatic rings. The number of aryl methyl sites for hydroxylation is 2. The largest absolute Gasteiger partial charge is 0.493 e. The fraction of sp³-hybridized carbons (Fsp3) is 0.160. The average molecular weight is 426 g/mol. The van der Waals surface area contributed by atoms with E-state index in [9.17, 15) is 4.79 Å². The lowest BCUT2D eigenvalue weighted by Crippen LogP contribution is -2.18. The van der Waals surface area contributed by atoms with Crippen molar-refractivity contribution in [2.75, 3.05) is 14.2 Å². The van der Waals surface area contributed by atoms with Crippen molar-refractivity contribution in [3.05, 3.63) is 77.0 Å². The zero-order valence-electron chi connectivity index (χ0n) is 17.8. The standard InChI is InChI=1S/C25H22N4O3/c1-31-22-11-6-15(12-23(22)32-2)14-26-29-25(30)21-13-20(27-28-21)18-10-9-17-8-7-16-4-3-5-19(18)24(16)17/h3-6,9-14H,7-8H2,1-2H3,(H,27,28)(H,29,30)/b26-14-. The molecule has 0 saturated heterocycles. The Balaban J connectivity index is 1.34. The molecule has 1 aliphatic carbocycles. The third-order valence-electron chi connectivity index (χ3n) is 5.76. The van der Waals surface area contributed by atoms with E-state index in [2.05, 4.69) is 51.1 Å². The number of aromatic nitrogens is 2. The summed E-state index contributed by atoms with van der Waals surface area (Å²) in [6, 6.07) is 17.8. The van der Waals surface area contributed by atoms with Crippen LogP contribution in [0.2, 0.25) is 0 Å². The first-order valence-corrected chi connectivity index (χ1v) is 10.3. The van der Waals surface area contributed by atoms with E-state index in [0.29, 0.717) is 17.2 Å². The molecule has 0 atom stereocenters. The summed E-state index contributed by atoms with van der Waals surface area (Å²) in [6.45, 7) is 0. The number of aromatic amines is 1. The molecule has 1 amide bonds. The molecule has 0 saturated carbocycles. The number of hydrazone groups is 1. The maximum atomic E-state index is 12.5. The molecule has 7 nitrogen and oxygen atoms in total. The first-order valence-electron chi connectivity index (χ1n) is 10.3. The molecule has 0 aliphatic heterocycles. The van der Waals surface area contributed by atoms with Crippen LogP contribution in [0.1, 0.15) is 27.2 Å². The number of rotatable bonds is 6. The van der Waals surface area contributed by atoms with Gasteiger partial charge in [-0.25, -0.2) is 5.43 Å². The van der Waals surface area contributed by atoms with E-state index in [0.717, 1.165) is 29.7 Å².